The summed E-state index contributed by atoms with van der Waals surface area (Å²) in [6, 6.07) is 0. The molecule has 0 N–H and O–H groups in total. The van der Waals surface area contributed by atoms with Crippen molar-refractivity contribution in [2.75, 3.05) is 39.6 Å². The largest absolute Gasteiger partial charge is 0.464 e. The number of carbonyl (C=O) groups is 3. The summed E-state index contributed by atoms with van der Waals surface area (Å²) in [7, 11) is 0. The Morgan fingerprint density at radius 2 is 0.955 bits per heavy atom. The highest BCUT2D eigenvalue weighted by atomic mass is 16.6. The zero-order chi connectivity index (χ0) is 34.6. The van der Waals surface area contributed by atoms with Gasteiger partial charge in [0.2, 0.25) is 0 Å². The lowest BCUT2D eigenvalue weighted by molar-refractivity contribution is -0.200. The first-order valence-electron chi connectivity index (χ1n) is 15.6. The third kappa shape index (κ3) is 13.7. The van der Waals surface area contributed by atoms with Gasteiger partial charge in [-0.3, -0.25) is 14.4 Å². The smallest absolute Gasteiger partial charge is 0.319 e. The molecule has 44 heavy (non-hydrogen) atoms. The first-order valence-corrected chi connectivity index (χ1v) is 15.6. The van der Waals surface area contributed by atoms with Gasteiger partial charge in [-0.25, -0.2) is 0 Å². The van der Waals surface area contributed by atoms with Gasteiger partial charge in [0.1, 0.15) is 35.1 Å². The second-order valence-electron chi connectivity index (χ2n) is 17.4. The van der Waals surface area contributed by atoms with Gasteiger partial charge in [0.15, 0.2) is 0 Å². The molecular weight excluding hydrogens is 568 g/mol. The summed E-state index contributed by atoms with van der Waals surface area (Å²) in [6.07, 6.45) is 0.647. The number of ether oxygens (including phenoxy) is 7. The van der Waals surface area contributed by atoms with Gasteiger partial charge in [-0.1, -0.05) is 0 Å². The number of hydrogen-bond donors (Lipinski definition) is 0. The summed E-state index contributed by atoms with van der Waals surface area (Å²) >= 11 is 0. The molecule has 1 heterocycles. The maximum Gasteiger partial charge on any atom is 0.319 e. The maximum absolute atomic E-state index is 13.6. The van der Waals surface area contributed by atoms with Gasteiger partial charge in [0.05, 0.1) is 48.8 Å². The predicted octanol–water partition coefficient (Wildman–Crippen LogP) is 6.06. The van der Waals surface area contributed by atoms with E-state index < -0.39 is 68.8 Å². The summed E-state index contributed by atoms with van der Waals surface area (Å²) in [5, 5.41) is 0. The molecule has 258 valence electrons. The lowest BCUT2D eigenvalue weighted by atomic mass is 9.87. The van der Waals surface area contributed by atoms with E-state index in [0.717, 1.165) is 0 Å². The van der Waals surface area contributed by atoms with Crippen molar-refractivity contribution in [1.82, 2.24) is 0 Å². The number of hydrogen-bond acceptors (Lipinski definition) is 10. The van der Waals surface area contributed by atoms with Crippen molar-refractivity contribution in [2.24, 2.45) is 16.2 Å². The minimum atomic E-state index is -1.51. The standard InChI is InChI=1S/C34H62O10/c1-27(2,3)40-20-33(15,21-41-28(4,5)6)24(35)38-18-32(14,26(37)44-29(7,8)9)19-39-25(36)34(16)22-42-30(10,11)17-31(12,13)43-23-34/h17-23H2,1-16H3. The fourth-order valence-electron chi connectivity index (χ4n) is 4.27. The Labute approximate surface area is 266 Å². The second-order valence-corrected chi connectivity index (χ2v) is 17.4. The van der Waals surface area contributed by atoms with Crippen molar-refractivity contribution >= 4 is 17.9 Å². The molecule has 0 bridgehead atoms. The van der Waals surface area contributed by atoms with Crippen LogP contribution in [0.2, 0.25) is 0 Å². The highest BCUT2D eigenvalue weighted by Gasteiger charge is 2.47. The summed E-state index contributed by atoms with van der Waals surface area (Å²) in [6.45, 7) is 28.8. The molecule has 10 nitrogen and oxygen atoms in total. The van der Waals surface area contributed by atoms with Crippen LogP contribution in [0.1, 0.15) is 117 Å². The Balaban J connectivity index is 3.22. The van der Waals surface area contributed by atoms with Crippen LogP contribution >= 0.6 is 0 Å². The average molecular weight is 631 g/mol. The van der Waals surface area contributed by atoms with Crippen LogP contribution in [-0.4, -0.2) is 85.6 Å². The molecule has 1 aliphatic heterocycles. The molecule has 0 radical (unpaired) electrons. The van der Waals surface area contributed by atoms with Gasteiger partial charge < -0.3 is 33.2 Å². The Morgan fingerprint density at radius 3 is 1.34 bits per heavy atom. The molecule has 0 spiro atoms. The topological polar surface area (TPSA) is 116 Å². The Bertz CT molecular complexity index is 957. The fraction of sp³-hybridized carbons (Fsp3) is 0.912. The molecule has 10 heteroatoms. The van der Waals surface area contributed by atoms with E-state index in [9.17, 15) is 14.4 Å². The van der Waals surface area contributed by atoms with Gasteiger partial charge in [-0.2, -0.15) is 0 Å². The second kappa shape index (κ2) is 13.9. The highest BCUT2D eigenvalue weighted by Crippen LogP contribution is 2.35. The molecular formula is C34H62O10. The van der Waals surface area contributed by atoms with E-state index in [4.69, 9.17) is 33.2 Å². The van der Waals surface area contributed by atoms with E-state index in [0.29, 0.717) is 6.42 Å². The summed E-state index contributed by atoms with van der Waals surface area (Å²) < 4.78 is 41.4. The number of carbonyl (C=O) groups excluding carboxylic acids is 3. The monoisotopic (exact) mass is 630 g/mol. The van der Waals surface area contributed by atoms with Crippen LogP contribution in [0.3, 0.4) is 0 Å². The van der Waals surface area contributed by atoms with Crippen molar-refractivity contribution < 1.29 is 47.5 Å². The van der Waals surface area contributed by atoms with Gasteiger partial charge in [-0.05, 0) is 111 Å². The van der Waals surface area contributed by atoms with Crippen molar-refractivity contribution in [3.05, 3.63) is 0 Å². The molecule has 1 rings (SSSR count). The van der Waals surface area contributed by atoms with E-state index >= 15 is 0 Å². The normalized spacial score (nSPS) is 20.5. The van der Waals surface area contributed by atoms with Gasteiger partial charge in [0.25, 0.3) is 0 Å². The average Bonchev–Trinajstić information content (AvgIpc) is 2.82. The third-order valence-corrected chi connectivity index (χ3v) is 6.98. The highest BCUT2D eigenvalue weighted by molar-refractivity contribution is 5.81. The Kier molecular flexibility index (Phi) is 12.8. The summed E-state index contributed by atoms with van der Waals surface area (Å²) in [5.41, 5.74) is -6.70. The first kappa shape index (κ1) is 40.3. The van der Waals surface area contributed by atoms with Crippen LogP contribution < -0.4 is 0 Å². The van der Waals surface area contributed by atoms with E-state index in [1.165, 1.54) is 0 Å². The van der Waals surface area contributed by atoms with Gasteiger partial charge in [-0.15, -0.1) is 0 Å². The van der Waals surface area contributed by atoms with Crippen LogP contribution in [0, 0.1) is 16.2 Å². The van der Waals surface area contributed by atoms with Crippen molar-refractivity contribution in [2.45, 2.75) is 145 Å². The summed E-state index contributed by atoms with van der Waals surface area (Å²) in [4.78, 5) is 40.6. The van der Waals surface area contributed by atoms with Crippen molar-refractivity contribution in [1.29, 1.82) is 0 Å². The molecule has 0 aromatic rings. The molecule has 1 fully saturated rings. The molecule has 1 atom stereocenters. The zero-order valence-electron chi connectivity index (χ0n) is 30.5. The van der Waals surface area contributed by atoms with E-state index in [1.807, 2.05) is 69.2 Å². The quantitative estimate of drug-likeness (QED) is 0.197. The maximum atomic E-state index is 13.6. The molecule has 0 amide bonds. The molecule has 0 saturated carbocycles. The molecule has 1 aliphatic rings. The fourth-order valence-corrected chi connectivity index (χ4v) is 4.27. The van der Waals surface area contributed by atoms with Gasteiger partial charge >= 0.3 is 17.9 Å². The molecule has 0 aromatic carbocycles. The lowest BCUT2D eigenvalue weighted by Crippen LogP contribution is -2.51. The SMILES string of the molecule is CC(C)(C)OCC(C)(COC(C)(C)C)C(=O)OCC(C)(COC(=O)C1(C)COC(C)(C)CC(C)(C)OC1)C(=O)OC(C)(C)C. The first-order chi connectivity index (χ1) is 19.4. The molecule has 1 unspecified atom stereocenters. The van der Waals surface area contributed by atoms with E-state index in [2.05, 4.69) is 0 Å². The Morgan fingerprint density at radius 1 is 0.568 bits per heavy atom. The van der Waals surface area contributed by atoms with Crippen molar-refractivity contribution in [3.8, 4) is 0 Å². The predicted molar refractivity (Wildman–Crippen MR) is 168 cm³/mol. The van der Waals surface area contributed by atoms with E-state index in [1.54, 1.807) is 41.5 Å². The number of rotatable bonds is 11. The Hall–Kier alpha value is -1.75. The summed E-state index contributed by atoms with van der Waals surface area (Å²) in [5.74, 6) is -1.86. The molecule has 1 saturated heterocycles. The van der Waals surface area contributed by atoms with Crippen molar-refractivity contribution in [3.63, 3.8) is 0 Å². The van der Waals surface area contributed by atoms with Crippen LogP contribution in [0.4, 0.5) is 0 Å². The minimum absolute atomic E-state index is 0.0363. The van der Waals surface area contributed by atoms with Crippen LogP contribution in [0.25, 0.3) is 0 Å². The zero-order valence-corrected chi connectivity index (χ0v) is 30.5. The van der Waals surface area contributed by atoms with E-state index in [-0.39, 0.29) is 33.0 Å². The number of esters is 3. The van der Waals surface area contributed by atoms with Crippen LogP contribution in [0.15, 0.2) is 0 Å². The minimum Gasteiger partial charge on any atom is -0.464 e. The van der Waals surface area contributed by atoms with Crippen LogP contribution in [-0.2, 0) is 47.5 Å². The molecule has 0 aromatic heterocycles. The van der Waals surface area contributed by atoms with Gasteiger partial charge in [0, 0.05) is 6.42 Å². The lowest BCUT2D eigenvalue weighted by Gasteiger charge is -2.42. The van der Waals surface area contributed by atoms with Crippen LogP contribution in [0.5, 0.6) is 0 Å². The molecule has 0 aliphatic carbocycles. The third-order valence-electron chi connectivity index (χ3n) is 6.98.